The Hall–Kier alpha value is -1.40. The Morgan fingerprint density at radius 2 is 2.14 bits per heavy atom. The molecule has 0 aliphatic carbocycles. The molecule has 0 unspecified atom stereocenters. The number of nitrogens with zero attached hydrogens (tertiary/aromatic N) is 2. The number of aromatic nitrogens is 2. The minimum Gasteiger partial charge on any atom is -0.282 e. The van der Waals surface area contributed by atoms with Crippen molar-refractivity contribution in [2.75, 3.05) is 0 Å². The lowest BCUT2D eigenvalue weighted by molar-refractivity contribution is -0.644. The summed E-state index contributed by atoms with van der Waals surface area (Å²) in [4.78, 5) is -0.110. The molecule has 2 aromatic heterocycles. The van der Waals surface area contributed by atoms with Gasteiger partial charge >= 0.3 is 0 Å². The van der Waals surface area contributed by atoms with E-state index in [0.29, 0.717) is 0 Å². The van der Waals surface area contributed by atoms with Gasteiger partial charge in [0.15, 0.2) is 0 Å². The first-order valence-corrected chi connectivity index (χ1v) is 5.36. The lowest BCUT2D eigenvalue weighted by atomic mass is 10.5. The topological polar surface area (TPSA) is 62.7 Å². The van der Waals surface area contributed by atoms with Gasteiger partial charge < -0.3 is 0 Å². The summed E-state index contributed by atoms with van der Waals surface area (Å²) in [6, 6.07) is 2.99. The van der Waals surface area contributed by atoms with E-state index in [1.54, 1.807) is 22.9 Å². The summed E-state index contributed by atoms with van der Waals surface area (Å²) in [7, 11) is -2.27. The predicted octanol–water partition coefficient (Wildman–Crippen LogP) is 0.0105. The Morgan fingerprint density at radius 3 is 2.79 bits per heavy atom. The van der Waals surface area contributed by atoms with Crippen LogP contribution < -0.4 is 4.57 Å². The van der Waals surface area contributed by atoms with Crippen molar-refractivity contribution in [3.8, 4) is 0 Å². The van der Waals surface area contributed by atoms with Crippen molar-refractivity contribution >= 4 is 15.8 Å². The second-order valence-electron chi connectivity index (χ2n) is 3.01. The van der Waals surface area contributed by atoms with Gasteiger partial charge in [0.25, 0.3) is 15.8 Å². The van der Waals surface area contributed by atoms with E-state index in [1.807, 2.05) is 11.6 Å². The van der Waals surface area contributed by atoms with E-state index < -0.39 is 10.1 Å². The maximum absolute atomic E-state index is 10.8. The van der Waals surface area contributed by atoms with Gasteiger partial charge in [-0.2, -0.15) is 8.42 Å². The van der Waals surface area contributed by atoms with Crippen molar-refractivity contribution in [2.45, 2.75) is 4.90 Å². The number of hydrogen-bond acceptors (Lipinski definition) is 2. The fraction of sp³-hybridized carbons (Fsp3) is 0.125. The predicted molar refractivity (Wildman–Crippen MR) is 48.4 cm³/mol. The van der Waals surface area contributed by atoms with Gasteiger partial charge in [-0.1, -0.05) is 0 Å². The monoisotopic (exact) mass is 213 g/mol. The Bertz CT molecular complexity index is 586. The molecule has 14 heavy (non-hydrogen) atoms. The summed E-state index contributed by atoms with van der Waals surface area (Å²) >= 11 is 0. The van der Waals surface area contributed by atoms with Gasteiger partial charge in [0, 0.05) is 6.07 Å². The van der Waals surface area contributed by atoms with E-state index in [4.69, 9.17) is 4.55 Å². The number of fused-ring (bicyclic) bond motifs is 1. The van der Waals surface area contributed by atoms with E-state index in [-0.39, 0.29) is 4.90 Å². The lowest BCUT2D eigenvalue weighted by Crippen LogP contribution is -2.25. The molecular weight excluding hydrogens is 204 g/mol. The Morgan fingerprint density at radius 1 is 1.43 bits per heavy atom. The molecule has 6 heteroatoms. The van der Waals surface area contributed by atoms with Gasteiger partial charge in [-0.25, -0.2) is 8.97 Å². The summed E-state index contributed by atoms with van der Waals surface area (Å²) < 4.78 is 33.9. The SMILES string of the molecule is C[n+]1ccn2cc(S(=O)(=O)O)ccc21. The van der Waals surface area contributed by atoms with Crippen LogP contribution in [0.2, 0.25) is 0 Å². The molecule has 0 fully saturated rings. The molecule has 74 valence electrons. The minimum atomic E-state index is -4.12. The average Bonchev–Trinajstić information content (AvgIpc) is 2.46. The van der Waals surface area contributed by atoms with Crippen molar-refractivity contribution in [3.63, 3.8) is 0 Å². The highest BCUT2D eigenvalue weighted by molar-refractivity contribution is 7.85. The van der Waals surface area contributed by atoms with E-state index in [2.05, 4.69) is 0 Å². The number of rotatable bonds is 1. The summed E-state index contributed by atoms with van der Waals surface area (Å²) in [5, 5.41) is 0. The number of hydrogen-bond donors (Lipinski definition) is 1. The third kappa shape index (κ3) is 1.38. The maximum atomic E-state index is 10.8. The zero-order valence-corrected chi connectivity index (χ0v) is 8.27. The van der Waals surface area contributed by atoms with Crippen LogP contribution in [-0.2, 0) is 17.2 Å². The highest BCUT2D eigenvalue weighted by Crippen LogP contribution is 2.08. The van der Waals surface area contributed by atoms with Gasteiger partial charge in [0.05, 0.1) is 7.05 Å². The van der Waals surface area contributed by atoms with Crippen molar-refractivity contribution in [1.82, 2.24) is 4.40 Å². The minimum absolute atomic E-state index is 0.110. The van der Waals surface area contributed by atoms with Gasteiger partial charge in [-0.3, -0.25) is 4.55 Å². The van der Waals surface area contributed by atoms with Crippen LogP contribution in [0, 0.1) is 0 Å². The maximum Gasteiger partial charge on any atom is 0.298 e. The fourth-order valence-corrected chi connectivity index (χ4v) is 1.80. The van der Waals surface area contributed by atoms with Crippen molar-refractivity contribution < 1.29 is 17.5 Å². The zero-order valence-electron chi connectivity index (χ0n) is 7.45. The van der Waals surface area contributed by atoms with Crippen LogP contribution in [0.4, 0.5) is 0 Å². The number of pyridine rings is 1. The first-order valence-electron chi connectivity index (χ1n) is 3.92. The van der Waals surface area contributed by atoms with E-state index in [1.165, 1.54) is 12.3 Å². The molecule has 0 saturated carbocycles. The summed E-state index contributed by atoms with van der Waals surface area (Å²) in [6.45, 7) is 0. The molecule has 0 saturated heterocycles. The lowest BCUT2D eigenvalue weighted by Gasteiger charge is -1.94. The molecule has 0 spiro atoms. The van der Waals surface area contributed by atoms with E-state index in [0.717, 1.165) is 5.65 Å². The average molecular weight is 213 g/mol. The van der Waals surface area contributed by atoms with Gasteiger partial charge in [-0.15, -0.1) is 0 Å². The van der Waals surface area contributed by atoms with E-state index >= 15 is 0 Å². The molecule has 0 radical (unpaired) electrons. The molecule has 0 atom stereocenters. The smallest absolute Gasteiger partial charge is 0.282 e. The second-order valence-corrected chi connectivity index (χ2v) is 4.44. The first kappa shape index (κ1) is 9.17. The van der Waals surface area contributed by atoms with E-state index in [9.17, 15) is 8.42 Å². The third-order valence-corrected chi connectivity index (χ3v) is 2.87. The fourth-order valence-electron chi connectivity index (χ4n) is 1.31. The summed E-state index contributed by atoms with van der Waals surface area (Å²) in [5.74, 6) is 0. The molecular formula is C8H9N2O3S+. The molecule has 2 aromatic rings. The summed E-state index contributed by atoms with van der Waals surface area (Å²) in [5.41, 5.74) is 0.845. The molecule has 2 rings (SSSR count). The van der Waals surface area contributed by atoms with Crippen molar-refractivity contribution in [3.05, 3.63) is 30.7 Å². The Balaban J connectivity index is 2.76. The number of aryl methyl sites for hydroxylation is 1. The van der Waals surface area contributed by atoms with Crippen LogP contribution in [0.5, 0.6) is 0 Å². The standard InChI is InChI=1S/C8H8N2O3S/c1-9-4-5-10-6-7(14(11,12)13)2-3-8(9)10/h2-6H,1H3/p+1. The van der Waals surface area contributed by atoms with Crippen molar-refractivity contribution in [1.29, 1.82) is 0 Å². The highest BCUT2D eigenvalue weighted by atomic mass is 32.2. The quantitative estimate of drug-likeness (QED) is 0.536. The molecule has 0 aliphatic heterocycles. The molecule has 0 amide bonds. The molecule has 0 aliphatic rings. The third-order valence-electron chi connectivity index (χ3n) is 2.04. The first-order chi connectivity index (χ1) is 6.48. The molecule has 5 nitrogen and oxygen atoms in total. The molecule has 0 aromatic carbocycles. The van der Waals surface area contributed by atoms with Gasteiger partial charge in [0.2, 0.25) is 0 Å². The zero-order chi connectivity index (χ0) is 10.3. The number of imidazole rings is 1. The normalized spacial score (nSPS) is 12.1. The van der Waals surface area contributed by atoms with Crippen LogP contribution in [0.15, 0.2) is 35.6 Å². The molecule has 0 bridgehead atoms. The molecule has 2 heterocycles. The van der Waals surface area contributed by atoms with Crippen LogP contribution in [0.25, 0.3) is 5.65 Å². The van der Waals surface area contributed by atoms with Crippen LogP contribution >= 0.6 is 0 Å². The summed E-state index contributed by atoms with van der Waals surface area (Å²) in [6.07, 6.45) is 4.87. The Labute approximate surface area is 81.0 Å². The molecule has 1 N–H and O–H groups in total. The van der Waals surface area contributed by atoms with Crippen LogP contribution in [0.3, 0.4) is 0 Å². The van der Waals surface area contributed by atoms with Crippen LogP contribution in [-0.4, -0.2) is 17.4 Å². The van der Waals surface area contributed by atoms with Crippen LogP contribution in [0.1, 0.15) is 0 Å². The van der Waals surface area contributed by atoms with Crippen molar-refractivity contribution in [2.24, 2.45) is 7.05 Å². The van der Waals surface area contributed by atoms with Gasteiger partial charge in [-0.05, 0) is 6.07 Å². The Kier molecular flexibility index (Phi) is 1.83. The highest BCUT2D eigenvalue weighted by Gasteiger charge is 2.14. The van der Waals surface area contributed by atoms with Gasteiger partial charge in [0.1, 0.15) is 23.5 Å². The second kappa shape index (κ2) is 2.79. The largest absolute Gasteiger partial charge is 0.298 e.